The summed E-state index contributed by atoms with van der Waals surface area (Å²) in [5.74, 6) is 0.535. The van der Waals surface area contributed by atoms with Crippen molar-refractivity contribution in [3.8, 4) is 5.75 Å². The number of rotatable bonds is 11. The first-order valence-electron chi connectivity index (χ1n) is 8.08. The molecule has 0 saturated heterocycles. The number of carbonyl (C=O) groups is 1. The third-order valence-electron chi connectivity index (χ3n) is 3.46. The third kappa shape index (κ3) is 11.9. The van der Waals surface area contributed by atoms with Crippen LogP contribution in [0.2, 0.25) is 0 Å². The van der Waals surface area contributed by atoms with Gasteiger partial charge in [0.1, 0.15) is 5.75 Å². The van der Waals surface area contributed by atoms with Crippen LogP contribution in [-0.4, -0.2) is 5.97 Å². The Bertz CT molecular complexity index is 351. The van der Waals surface area contributed by atoms with Crippen molar-refractivity contribution < 1.29 is 37.2 Å². The van der Waals surface area contributed by atoms with Crippen molar-refractivity contribution in [3.05, 3.63) is 30.3 Å². The Hall–Kier alpha value is -0.375. The zero-order chi connectivity index (χ0) is 14.5. The Labute approximate surface area is 150 Å². The van der Waals surface area contributed by atoms with E-state index >= 15 is 0 Å². The summed E-state index contributed by atoms with van der Waals surface area (Å²) in [7, 11) is 0. The van der Waals surface area contributed by atoms with Crippen molar-refractivity contribution >= 4 is 5.97 Å². The summed E-state index contributed by atoms with van der Waals surface area (Å²) in [4.78, 5) is 11.6. The van der Waals surface area contributed by atoms with Crippen molar-refractivity contribution in [2.24, 2.45) is 0 Å². The van der Waals surface area contributed by atoms with E-state index in [1.807, 2.05) is 30.3 Å². The summed E-state index contributed by atoms with van der Waals surface area (Å²) in [6.45, 7) is 2.24. The minimum Gasteiger partial charge on any atom is -0.427 e. The van der Waals surface area contributed by atoms with Crippen molar-refractivity contribution in [1.82, 2.24) is 0 Å². The quantitative estimate of drug-likeness (QED) is 0.182. The smallest absolute Gasteiger partial charge is 0.427 e. The van der Waals surface area contributed by atoms with Crippen LogP contribution in [0.1, 0.15) is 71.1 Å². The van der Waals surface area contributed by atoms with Gasteiger partial charge in [0.25, 0.3) is 0 Å². The van der Waals surface area contributed by atoms with Crippen LogP contribution in [0.3, 0.4) is 0 Å². The minimum atomic E-state index is -0.112. The van der Waals surface area contributed by atoms with Crippen LogP contribution in [0, 0.1) is 0 Å². The molecule has 2 nitrogen and oxygen atoms in total. The molecule has 0 aliphatic heterocycles. The Balaban J connectivity index is 0.00000400. The van der Waals surface area contributed by atoms with Crippen LogP contribution in [0.25, 0.3) is 0 Å². The van der Waals surface area contributed by atoms with E-state index < -0.39 is 0 Å². The van der Waals surface area contributed by atoms with E-state index in [0.717, 1.165) is 12.8 Å². The molecule has 0 amide bonds. The molecule has 3 heteroatoms. The molecule has 0 heterocycles. The van der Waals surface area contributed by atoms with E-state index in [0.29, 0.717) is 12.2 Å². The van der Waals surface area contributed by atoms with Crippen molar-refractivity contribution in [2.45, 2.75) is 71.1 Å². The Morgan fingerprint density at radius 3 is 1.95 bits per heavy atom. The third-order valence-corrected chi connectivity index (χ3v) is 3.46. The van der Waals surface area contributed by atoms with Gasteiger partial charge in [0.2, 0.25) is 0 Å². The van der Waals surface area contributed by atoms with Gasteiger partial charge in [-0.15, -0.1) is 0 Å². The van der Waals surface area contributed by atoms with E-state index in [2.05, 4.69) is 6.92 Å². The summed E-state index contributed by atoms with van der Waals surface area (Å²) in [5.41, 5.74) is 0. The summed E-state index contributed by atoms with van der Waals surface area (Å²) in [6, 6.07) is 9.29. The molecule has 0 unspecified atom stereocenters. The Kier molecular flexibility index (Phi) is 14.3. The number of ether oxygens (including phenoxy) is 1. The molecule has 0 aliphatic rings. The number of unbranched alkanes of at least 4 members (excludes halogenated alkanes) is 8. The molecule has 1 aromatic rings. The standard InChI is InChI=1S/C18H28O2.Hg/c1-2-3-4-5-6-7-8-9-13-16-18(19)20-17-14-11-10-12-15-17;/h10-12,14-15H,2-9,13,16H2,1H3;/q;+2. The predicted molar refractivity (Wildman–Crippen MR) is 83.9 cm³/mol. The number of hydrogen-bond donors (Lipinski definition) is 0. The normalized spacial score (nSPS) is 9.95. The predicted octanol–water partition coefficient (Wildman–Crippen LogP) is 5.51. The maximum atomic E-state index is 11.6. The van der Waals surface area contributed by atoms with Gasteiger partial charge < -0.3 is 4.74 Å². The number of hydrogen-bond acceptors (Lipinski definition) is 2. The van der Waals surface area contributed by atoms with E-state index in [-0.39, 0.29) is 33.6 Å². The summed E-state index contributed by atoms with van der Waals surface area (Å²) >= 11 is 0. The molecule has 1 aromatic carbocycles. The van der Waals surface area contributed by atoms with E-state index in [1.165, 1.54) is 44.9 Å². The van der Waals surface area contributed by atoms with Gasteiger partial charge in [-0.25, -0.2) is 0 Å². The molecule has 0 fully saturated rings. The van der Waals surface area contributed by atoms with Crippen LogP contribution in [-0.2, 0) is 32.5 Å². The zero-order valence-corrected chi connectivity index (χ0v) is 19.0. The number of esters is 1. The second-order valence-corrected chi connectivity index (χ2v) is 5.37. The number of para-hydroxylation sites is 1. The SMILES string of the molecule is CCCCCCCCCCCC(=O)Oc1ccccc1.[Hg+2]. The van der Waals surface area contributed by atoms with E-state index in [1.54, 1.807) is 0 Å². The van der Waals surface area contributed by atoms with Gasteiger partial charge >= 0.3 is 33.6 Å². The molecule has 0 saturated carbocycles. The van der Waals surface area contributed by atoms with Crippen molar-refractivity contribution in [3.63, 3.8) is 0 Å². The van der Waals surface area contributed by atoms with E-state index in [4.69, 9.17) is 4.74 Å². The van der Waals surface area contributed by atoms with Gasteiger partial charge in [0.05, 0.1) is 0 Å². The Morgan fingerprint density at radius 2 is 1.38 bits per heavy atom. The van der Waals surface area contributed by atoms with Gasteiger partial charge in [-0.3, -0.25) is 4.79 Å². The average Bonchev–Trinajstić information content (AvgIpc) is 2.46. The average molecular weight is 477 g/mol. The molecule has 0 atom stereocenters. The topological polar surface area (TPSA) is 26.3 Å². The number of benzene rings is 1. The molecular formula is C18H28HgO2+2. The fourth-order valence-electron chi connectivity index (χ4n) is 2.25. The number of carbonyl (C=O) groups excluding carboxylic acids is 1. The maximum Gasteiger partial charge on any atom is 2.00 e. The molecule has 0 aliphatic carbocycles. The van der Waals surface area contributed by atoms with Crippen molar-refractivity contribution in [2.75, 3.05) is 0 Å². The first-order valence-corrected chi connectivity index (χ1v) is 8.08. The summed E-state index contributed by atoms with van der Waals surface area (Å²) in [6.07, 6.45) is 11.9. The molecule has 0 N–H and O–H groups in total. The molecule has 1 rings (SSSR count). The van der Waals surface area contributed by atoms with E-state index in [9.17, 15) is 4.79 Å². The summed E-state index contributed by atoms with van der Waals surface area (Å²) < 4.78 is 5.25. The van der Waals surface area contributed by atoms with Gasteiger partial charge in [0.15, 0.2) is 0 Å². The first kappa shape index (κ1) is 20.6. The van der Waals surface area contributed by atoms with Gasteiger partial charge in [-0.05, 0) is 18.6 Å². The van der Waals surface area contributed by atoms with Crippen LogP contribution in [0.4, 0.5) is 0 Å². The molecule has 0 spiro atoms. The minimum absolute atomic E-state index is 0. The second-order valence-electron chi connectivity index (χ2n) is 5.37. The fraction of sp³-hybridized carbons (Fsp3) is 0.611. The molecule has 21 heavy (non-hydrogen) atoms. The molecule has 0 aromatic heterocycles. The molecule has 0 radical (unpaired) electrons. The van der Waals surface area contributed by atoms with Crippen LogP contribution >= 0.6 is 0 Å². The van der Waals surface area contributed by atoms with Crippen LogP contribution in [0.5, 0.6) is 5.75 Å². The monoisotopic (exact) mass is 478 g/mol. The second kappa shape index (κ2) is 14.6. The maximum absolute atomic E-state index is 11.6. The fourth-order valence-corrected chi connectivity index (χ4v) is 2.25. The van der Waals surface area contributed by atoms with Crippen LogP contribution in [0.15, 0.2) is 30.3 Å². The molecule has 0 bridgehead atoms. The zero-order valence-electron chi connectivity index (χ0n) is 13.5. The van der Waals surface area contributed by atoms with Crippen LogP contribution < -0.4 is 4.74 Å². The Morgan fingerprint density at radius 1 is 0.857 bits per heavy atom. The molecular weight excluding hydrogens is 449 g/mol. The van der Waals surface area contributed by atoms with Gasteiger partial charge in [0, 0.05) is 6.42 Å². The first-order chi connectivity index (χ1) is 9.83. The van der Waals surface area contributed by atoms with Crippen molar-refractivity contribution in [1.29, 1.82) is 0 Å². The van der Waals surface area contributed by atoms with Gasteiger partial charge in [-0.1, -0.05) is 76.5 Å². The molecule has 112 valence electrons. The summed E-state index contributed by atoms with van der Waals surface area (Å²) in [5, 5.41) is 0. The van der Waals surface area contributed by atoms with Gasteiger partial charge in [-0.2, -0.15) is 0 Å². The largest absolute Gasteiger partial charge is 2.00 e.